The van der Waals surface area contributed by atoms with Gasteiger partial charge in [-0.1, -0.05) is 6.07 Å². The van der Waals surface area contributed by atoms with Crippen molar-refractivity contribution in [3.8, 4) is 0 Å². The van der Waals surface area contributed by atoms with Gasteiger partial charge < -0.3 is 0 Å². The van der Waals surface area contributed by atoms with E-state index in [-0.39, 0.29) is 6.07 Å². The molecule has 148 valence electrons. The molecule has 0 aromatic heterocycles. The Labute approximate surface area is 147 Å². The zero-order valence-electron chi connectivity index (χ0n) is 12.9. The molecule has 0 saturated carbocycles. The van der Waals surface area contributed by atoms with Gasteiger partial charge in [0.15, 0.2) is 4.90 Å². The molecule has 0 radical (unpaired) electrons. The second-order valence-corrected chi connectivity index (χ2v) is 6.99. The van der Waals surface area contributed by atoms with Crippen LogP contribution in [0, 0.1) is 11.6 Å². The van der Waals surface area contributed by atoms with Crippen LogP contribution in [0.5, 0.6) is 0 Å². The molecule has 3 nitrogen and oxygen atoms in total. The summed E-state index contributed by atoms with van der Waals surface area (Å²) in [6.07, 6.45) is -10.2. The molecule has 0 spiro atoms. The van der Waals surface area contributed by atoms with Gasteiger partial charge in [-0.3, -0.25) is 0 Å². The number of hydrogen-bond acceptors (Lipinski definition) is 2. The normalized spacial score (nSPS) is 13.0. The van der Waals surface area contributed by atoms with Crippen molar-refractivity contribution in [3.63, 3.8) is 0 Å². The van der Waals surface area contributed by atoms with Crippen molar-refractivity contribution in [3.05, 3.63) is 64.7 Å². The summed E-state index contributed by atoms with van der Waals surface area (Å²) >= 11 is 0. The summed E-state index contributed by atoms with van der Waals surface area (Å²) in [6.45, 7) is -1.05. The molecule has 0 fully saturated rings. The number of nitrogens with one attached hydrogen (secondary N) is 1. The Bertz CT molecular complexity index is 899. The van der Waals surface area contributed by atoms with E-state index in [4.69, 9.17) is 0 Å². The van der Waals surface area contributed by atoms with Crippen molar-refractivity contribution >= 4 is 10.0 Å². The lowest BCUT2D eigenvalue weighted by atomic mass is 10.0. The fourth-order valence-corrected chi connectivity index (χ4v) is 3.26. The maximum Gasteiger partial charge on any atom is 0.416 e. The van der Waals surface area contributed by atoms with Crippen molar-refractivity contribution in [2.75, 3.05) is 0 Å². The Kier molecular flexibility index (Phi) is 5.53. The van der Waals surface area contributed by atoms with Gasteiger partial charge in [0.2, 0.25) is 10.0 Å². The average Bonchev–Trinajstić information content (AvgIpc) is 2.51. The predicted molar refractivity (Wildman–Crippen MR) is 76.8 cm³/mol. The largest absolute Gasteiger partial charge is 0.416 e. The minimum absolute atomic E-state index is 0.130. The maximum absolute atomic E-state index is 13.6. The van der Waals surface area contributed by atoms with E-state index in [1.165, 1.54) is 0 Å². The van der Waals surface area contributed by atoms with Crippen LogP contribution in [-0.4, -0.2) is 8.42 Å². The summed E-state index contributed by atoms with van der Waals surface area (Å²) in [6, 6.07) is 2.61. The molecule has 0 aliphatic rings. The molecule has 0 aliphatic heterocycles. The molecule has 0 aliphatic carbocycles. The molecule has 2 aromatic rings. The third-order valence-electron chi connectivity index (χ3n) is 3.30. The third kappa shape index (κ3) is 4.95. The van der Waals surface area contributed by atoms with Gasteiger partial charge >= 0.3 is 12.4 Å². The summed E-state index contributed by atoms with van der Waals surface area (Å²) < 4.78 is 129. The predicted octanol–water partition coefficient (Wildman–Crippen LogP) is 4.48. The smallest absolute Gasteiger partial charge is 0.207 e. The number of sulfonamides is 1. The fraction of sp³-hybridized carbons (Fsp3) is 0.200. The van der Waals surface area contributed by atoms with Crippen molar-refractivity contribution in [1.29, 1.82) is 0 Å². The molecule has 1 N–H and O–H groups in total. The van der Waals surface area contributed by atoms with Crippen LogP contribution in [0.15, 0.2) is 41.3 Å². The third-order valence-corrected chi connectivity index (χ3v) is 4.75. The van der Waals surface area contributed by atoms with Crippen molar-refractivity contribution in [2.24, 2.45) is 0 Å². The molecule has 2 aromatic carbocycles. The highest BCUT2D eigenvalue weighted by Crippen LogP contribution is 2.36. The monoisotopic (exact) mass is 419 g/mol. The van der Waals surface area contributed by atoms with E-state index in [0.29, 0.717) is 24.3 Å². The lowest BCUT2D eigenvalue weighted by molar-refractivity contribution is -0.143. The van der Waals surface area contributed by atoms with Gasteiger partial charge in [0.05, 0.1) is 11.1 Å². The van der Waals surface area contributed by atoms with Crippen molar-refractivity contribution < 1.29 is 43.5 Å². The molecule has 0 amide bonds. The van der Waals surface area contributed by atoms with E-state index in [0.717, 1.165) is 6.07 Å². The number of halogens is 8. The van der Waals surface area contributed by atoms with Crippen LogP contribution >= 0.6 is 0 Å². The highest BCUT2D eigenvalue weighted by Gasteiger charge is 2.37. The van der Waals surface area contributed by atoms with Gasteiger partial charge in [-0.05, 0) is 35.9 Å². The summed E-state index contributed by atoms with van der Waals surface area (Å²) in [5.74, 6) is -2.94. The SMILES string of the molecule is O=S(=O)(NCc1cc(C(F)(F)F)cc(C(F)(F)F)c1)c1c(F)cccc1F. The van der Waals surface area contributed by atoms with Crippen LogP contribution in [-0.2, 0) is 28.9 Å². The van der Waals surface area contributed by atoms with Gasteiger partial charge in [-0.2, -0.15) is 26.3 Å². The summed E-state index contributed by atoms with van der Waals surface area (Å²) in [4.78, 5) is -1.40. The number of rotatable bonds is 4. The molecule has 0 saturated heterocycles. The Morgan fingerprint density at radius 3 is 1.67 bits per heavy atom. The fourth-order valence-electron chi connectivity index (χ4n) is 2.11. The van der Waals surface area contributed by atoms with E-state index in [2.05, 4.69) is 0 Å². The van der Waals surface area contributed by atoms with Crippen molar-refractivity contribution in [2.45, 2.75) is 23.8 Å². The Morgan fingerprint density at radius 1 is 0.815 bits per heavy atom. The average molecular weight is 419 g/mol. The zero-order valence-corrected chi connectivity index (χ0v) is 13.7. The lowest BCUT2D eigenvalue weighted by Crippen LogP contribution is -2.25. The van der Waals surface area contributed by atoms with Gasteiger partial charge in [0.1, 0.15) is 11.6 Å². The van der Waals surface area contributed by atoms with Crippen LogP contribution in [0.3, 0.4) is 0 Å². The van der Waals surface area contributed by atoms with E-state index >= 15 is 0 Å². The van der Waals surface area contributed by atoms with Gasteiger partial charge in [0, 0.05) is 6.54 Å². The first-order valence-corrected chi connectivity index (χ1v) is 8.42. The minimum Gasteiger partial charge on any atom is -0.207 e. The molecule has 0 heterocycles. The number of alkyl halides is 6. The summed E-state index contributed by atoms with van der Waals surface area (Å²) in [7, 11) is -4.88. The van der Waals surface area contributed by atoms with Crippen LogP contribution in [0.2, 0.25) is 0 Å². The summed E-state index contributed by atoms with van der Waals surface area (Å²) in [5.41, 5.74) is -4.00. The number of hydrogen-bond donors (Lipinski definition) is 1. The van der Waals surface area contributed by atoms with Crippen LogP contribution in [0.25, 0.3) is 0 Å². The first-order chi connectivity index (χ1) is 12.2. The van der Waals surface area contributed by atoms with Gasteiger partial charge in [-0.25, -0.2) is 21.9 Å². The molecular formula is C15H9F8NO2S. The molecule has 27 heavy (non-hydrogen) atoms. The van der Waals surface area contributed by atoms with Gasteiger partial charge in [0.25, 0.3) is 0 Å². The van der Waals surface area contributed by atoms with Crippen LogP contribution < -0.4 is 4.72 Å². The highest BCUT2D eigenvalue weighted by atomic mass is 32.2. The molecule has 0 unspecified atom stereocenters. The molecule has 12 heteroatoms. The second-order valence-electron chi connectivity index (χ2n) is 5.29. The minimum atomic E-state index is -5.12. The summed E-state index contributed by atoms with van der Waals surface area (Å²) in [5, 5.41) is 0. The second kappa shape index (κ2) is 7.08. The highest BCUT2D eigenvalue weighted by molar-refractivity contribution is 7.89. The zero-order chi connectivity index (χ0) is 20.6. The van der Waals surface area contributed by atoms with E-state index in [1.807, 2.05) is 0 Å². The van der Waals surface area contributed by atoms with Crippen LogP contribution in [0.4, 0.5) is 35.1 Å². The van der Waals surface area contributed by atoms with Gasteiger partial charge in [-0.15, -0.1) is 0 Å². The maximum atomic E-state index is 13.6. The van der Waals surface area contributed by atoms with Crippen LogP contribution in [0.1, 0.15) is 16.7 Å². The van der Waals surface area contributed by atoms with E-state index < -0.39 is 62.1 Å². The van der Waals surface area contributed by atoms with E-state index in [9.17, 15) is 43.5 Å². The van der Waals surface area contributed by atoms with Crippen molar-refractivity contribution in [1.82, 2.24) is 4.72 Å². The van der Waals surface area contributed by atoms with E-state index in [1.54, 1.807) is 4.72 Å². The molecule has 0 bridgehead atoms. The quantitative estimate of drug-likeness (QED) is 0.743. The standard InChI is InChI=1S/C15H9F8NO2S/c16-11-2-1-3-12(17)13(11)27(25,26)24-7-8-4-9(14(18,19)20)6-10(5-8)15(21,22)23/h1-6,24H,7H2. The molecular weight excluding hydrogens is 410 g/mol. The molecule has 0 atom stereocenters. The Balaban J connectivity index is 2.40. The Hall–Kier alpha value is -2.21. The first-order valence-electron chi connectivity index (χ1n) is 6.94. The molecule has 2 rings (SSSR count). The topological polar surface area (TPSA) is 46.2 Å². The first kappa shape index (κ1) is 21.1. The lowest BCUT2D eigenvalue weighted by Gasteiger charge is -2.15. The Morgan fingerprint density at radius 2 is 1.26 bits per heavy atom. The number of benzene rings is 2.